The van der Waals surface area contributed by atoms with Crippen molar-refractivity contribution in [2.24, 2.45) is 5.92 Å². The first kappa shape index (κ1) is 17.9. The first-order valence-electron chi connectivity index (χ1n) is 9.10. The van der Waals surface area contributed by atoms with Crippen molar-refractivity contribution in [3.05, 3.63) is 42.4 Å². The molecule has 1 saturated heterocycles. The summed E-state index contributed by atoms with van der Waals surface area (Å²) in [4.78, 5) is 34.7. The van der Waals surface area contributed by atoms with Crippen molar-refractivity contribution in [1.29, 1.82) is 0 Å². The van der Waals surface area contributed by atoms with Crippen molar-refractivity contribution in [2.75, 3.05) is 29.4 Å². The van der Waals surface area contributed by atoms with E-state index in [2.05, 4.69) is 20.2 Å². The molecule has 1 aliphatic heterocycles. The van der Waals surface area contributed by atoms with Crippen LogP contribution in [0.15, 0.2) is 36.8 Å². The summed E-state index contributed by atoms with van der Waals surface area (Å²) in [5.41, 5.74) is 1.68. The first-order valence-corrected chi connectivity index (χ1v) is 9.10. The van der Waals surface area contributed by atoms with Crippen LogP contribution in [0.2, 0.25) is 0 Å². The Hall–Kier alpha value is -3.49. The number of rotatable bonds is 6. The number of hydrogen-bond acceptors (Lipinski definition) is 6. The predicted octanol–water partition coefficient (Wildman–Crippen LogP) is 1.93. The van der Waals surface area contributed by atoms with E-state index in [1.54, 1.807) is 4.90 Å². The summed E-state index contributed by atoms with van der Waals surface area (Å²) in [5, 5.41) is 17.0. The molecule has 0 bridgehead atoms. The van der Waals surface area contributed by atoms with Gasteiger partial charge in [-0.05, 0) is 24.8 Å². The fourth-order valence-corrected chi connectivity index (χ4v) is 3.57. The summed E-state index contributed by atoms with van der Waals surface area (Å²) in [7, 11) is 0. The van der Waals surface area contributed by atoms with E-state index in [1.165, 1.54) is 12.4 Å². The maximum absolute atomic E-state index is 11.7. The first-order chi connectivity index (χ1) is 13.7. The summed E-state index contributed by atoms with van der Waals surface area (Å²) in [5.74, 6) is -0.142. The van der Waals surface area contributed by atoms with Gasteiger partial charge in [0.15, 0.2) is 0 Å². The van der Waals surface area contributed by atoms with Gasteiger partial charge in [0.25, 0.3) is 0 Å². The number of carboxylic acids is 1. The van der Waals surface area contributed by atoms with Crippen LogP contribution in [0.5, 0.6) is 0 Å². The van der Waals surface area contributed by atoms with Crippen molar-refractivity contribution in [3.8, 4) is 0 Å². The Morgan fingerprint density at radius 1 is 1.29 bits per heavy atom. The Morgan fingerprint density at radius 3 is 2.71 bits per heavy atom. The molecule has 3 heterocycles. The average molecular weight is 380 g/mol. The third-order valence-electron chi connectivity index (χ3n) is 5.12. The maximum atomic E-state index is 11.7. The standard InChI is InChI=1S/C19H20N6O3/c26-12-25(16-3-1-2-14-10-22-23-17(14)16)11-13-4-6-24(7-5-13)19-20-8-15(9-21-19)18(27)28/h1-3,8-10,12-13H,4-7,11H2,(H,22,23)(H,27,28). The molecule has 1 amide bonds. The second-order valence-corrected chi connectivity index (χ2v) is 6.87. The highest BCUT2D eigenvalue weighted by Gasteiger charge is 2.24. The van der Waals surface area contributed by atoms with Gasteiger partial charge >= 0.3 is 5.97 Å². The van der Waals surface area contributed by atoms with E-state index < -0.39 is 5.97 Å². The molecule has 3 aromatic rings. The molecule has 1 aromatic carbocycles. The number of para-hydroxylation sites is 1. The number of aromatic amines is 1. The van der Waals surface area contributed by atoms with E-state index in [-0.39, 0.29) is 5.56 Å². The summed E-state index contributed by atoms with van der Waals surface area (Å²) in [6, 6.07) is 5.79. The van der Waals surface area contributed by atoms with Gasteiger partial charge in [0.05, 0.1) is 11.3 Å². The lowest BCUT2D eigenvalue weighted by molar-refractivity contribution is -0.107. The fraction of sp³-hybridized carbons (Fsp3) is 0.316. The number of amides is 1. The normalized spacial score (nSPS) is 14.9. The zero-order valence-corrected chi connectivity index (χ0v) is 15.2. The zero-order chi connectivity index (χ0) is 19.5. The van der Waals surface area contributed by atoms with Gasteiger partial charge < -0.3 is 14.9 Å². The van der Waals surface area contributed by atoms with Crippen LogP contribution in [-0.2, 0) is 4.79 Å². The van der Waals surface area contributed by atoms with Crippen molar-refractivity contribution >= 4 is 34.9 Å². The van der Waals surface area contributed by atoms with Gasteiger partial charge in [-0.3, -0.25) is 9.89 Å². The maximum Gasteiger partial charge on any atom is 0.338 e. The second kappa shape index (κ2) is 7.63. The Kier molecular flexibility index (Phi) is 4.88. The van der Waals surface area contributed by atoms with E-state index in [9.17, 15) is 9.59 Å². The number of nitrogens with zero attached hydrogens (tertiary/aromatic N) is 5. The number of carbonyl (C=O) groups is 2. The van der Waals surface area contributed by atoms with Gasteiger partial charge in [-0.15, -0.1) is 0 Å². The van der Waals surface area contributed by atoms with Crippen LogP contribution in [-0.4, -0.2) is 57.3 Å². The van der Waals surface area contributed by atoms with Crippen LogP contribution in [0.3, 0.4) is 0 Å². The topological polar surface area (TPSA) is 115 Å². The molecule has 2 aromatic heterocycles. The average Bonchev–Trinajstić information content (AvgIpc) is 3.22. The van der Waals surface area contributed by atoms with Crippen molar-refractivity contribution in [2.45, 2.75) is 12.8 Å². The molecule has 0 aliphatic carbocycles. The third-order valence-corrected chi connectivity index (χ3v) is 5.12. The molecule has 9 nitrogen and oxygen atoms in total. The van der Waals surface area contributed by atoms with E-state index in [1.807, 2.05) is 29.3 Å². The molecular formula is C19H20N6O3. The summed E-state index contributed by atoms with van der Waals surface area (Å²) >= 11 is 0. The summed E-state index contributed by atoms with van der Waals surface area (Å²) < 4.78 is 0. The number of H-pyrrole nitrogens is 1. The van der Waals surface area contributed by atoms with Gasteiger partial charge in [0, 0.05) is 43.6 Å². The molecule has 1 aliphatic rings. The Labute approximate surface area is 161 Å². The van der Waals surface area contributed by atoms with Crippen LogP contribution < -0.4 is 9.80 Å². The van der Waals surface area contributed by atoms with Gasteiger partial charge in [0.2, 0.25) is 12.4 Å². The predicted molar refractivity (Wildman–Crippen MR) is 103 cm³/mol. The molecule has 0 atom stereocenters. The molecular weight excluding hydrogens is 360 g/mol. The molecule has 0 unspecified atom stereocenters. The number of nitrogens with one attached hydrogen (secondary N) is 1. The fourth-order valence-electron chi connectivity index (χ4n) is 3.57. The van der Waals surface area contributed by atoms with Gasteiger partial charge in [-0.25, -0.2) is 14.8 Å². The van der Waals surface area contributed by atoms with Gasteiger partial charge in [0.1, 0.15) is 5.52 Å². The summed E-state index contributed by atoms with van der Waals surface area (Å²) in [6.07, 6.45) is 7.13. The molecule has 2 N–H and O–H groups in total. The van der Waals surface area contributed by atoms with E-state index in [0.29, 0.717) is 18.4 Å². The molecule has 0 spiro atoms. The van der Waals surface area contributed by atoms with Crippen molar-refractivity contribution < 1.29 is 14.7 Å². The van der Waals surface area contributed by atoms with Crippen molar-refractivity contribution in [1.82, 2.24) is 20.2 Å². The van der Waals surface area contributed by atoms with Gasteiger partial charge in [-0.1, -0.05) is 12.1 Å². The zero-order valence-electron chi connectivity index (χ0n) is 15.2. The Balaban J connectivity index is 1.40. The molecule has 0 saturated carbocycles. The Bertz CT molecular complexity index is 979. The number of benzene rings is 1. The number of carboxylic acid groups (broad SMARTS) is 1. The number of anilines is 2. The van der Waals surface area contributed by atoms with Gasteiger partial charge in [-0.2, -0.15) is 5.10 Å². The lowest BCUT2D eigenvalue weighted by Crippen LogP contribution is -2.39. The van der Waals surface area contributed by atoms with E-state index in [0.717, 1.165) is 48.9 Å². The van der Waals surface area contributed by atoms with E-state index >= 15 is 0 Å². The number of hydrogen-bond donors (Lipinski definition) is 2. The van der Waals surface area contributed by atoms with E-state index in [4.69, 9.17) is 5.11 Å². The minimum absolute atomic E-state index is 0.0767. The monoisotopic (exact) mass is 380 g/mol. The number of carbonyl (C=O) groups excluding carboxylic acids is 1. The molecule has 1 fully saturated rings. The third kappa shape index (κ3) is 3.51. The lowest BCUT2D eigenvalue weighted by Gasteiger charge is -2.33. The number of piperidine rings is 1. The minimum atomic E-state index is -1.04. The number of aromatic nitrogens is 4. The molecule has 28 heavy (non-hydrogen) atoms. The van der Waals surface area contributed by atoms with Crippen molar-refractivity contribution in [3.63, 3.8) is 0 Å². The highest BCUT2D eigenvalue weighted by molar-refractivity contribution is 5.95. The smallest absolute Gasteiger partial charge is 0.338 e. The quantitative estimate of drug-likeness (QED) is 0.628. The van der Waals surface area contributed by atoms with Crippen LogP contribution >= 0.6 is 0 Å². The largest absolute Gasteiger partial charge is 0.478 e. The molecule has 0 radical (unpaired) electrons. The van der Waals surface area contributed by atoms with Crippen LogP contribution in [0, 0.1) is 5.92 Å². The molecule has 4 rings (SSSR count). The van der Waals surface area contributed by atoms with Crippen LogP contribution in [0.25, 0.3) is 10.9 Å². The molecule has 144 valence electrons. The molecule has 9 heteroatoms. The summed E-state index contributed by atoms with van der Waals surface area (Å²) in [6.45, 7) is 2.15. The highest BCUT2D eigenvalue weighted by atomic mass is 16.4. The van der Waals surface area contributed by atoms with Crippen LogP contribution in [0.1, 0.15) is 23.2 Å². The lowest BCUT2D eigenvalue weighted by atomic mass is 9.96. The SMILES string of the molecule is O=CN(CC1CCN(c2ncc(C(=O)O)cn2)CC1)c1cccc2c[nH]nc12. The second-order valence-electron chi connectivity index (χ2n) is 6.87. The number of aromatic carboxylic acids is 1. The highest BCUT2D eigenvalue weighted by Crippen LogP contribution is 2.27. The minimum Gasteiger partial charge on any atom is -0.478 e. The Morgan fingerprint density at radius 2 is 2.04 bits per heavy atom. The van der Waals surface area contributed by atoms with Crippen LogP contribution in [0.4, 0.5) is 11.6 Å². The number of fused-ring (bicyclic) bond motifs is 1.